The van der Waals surface area contributed by atoms with Gasteiger partial charge >= 0.3 is 0 Å². The Morgan fingerprint density at radius 3 is 2.75 bits per heavy atom. The Hall–Kier alpha value is -1.60. The first-order valence-corrected chi connectivity index (χ1v) is 8.84. The molecule has 0 saturated heterocycles. The topological polar surface area (TPSA) is 30.7 Å². The number of fused-ring (bicyclic) bond motifs is 1. The van der Waals surface area contributed by atoms with E-state index in [0.29, 0.717) is 6.54 Å². The van der Waals surface area contributed by atoms with E-state index in [1.807, 2.05) is 28.9 Å². The molecule has 82 valence electrons. The van der Waals surface area contributed by atoms with Crippen LogP contribution in [0.5, 0.6) is 0 Å². The second kappa shape index (κ2) is 4.10. The molecular weight excluding hydrogens is 214 g/mol. The molecule has 2 aromatic rings. The van der Waals surface area contributed by atoms with Crippen molar-refractivity contribution in [3.63, 3.8) is 0 Å². The molecule has 0 unspecified atom stereocenters. The molecule has 0 spiro atoms. The lowest BCUT2D eigenvalue weighted by atomic mass is 10.3. The standard InChI is InChI=1S/C12H15N3Si/c1-16(2,3)10-6-9-15-12-8-5-4-7-11(12)13-14-15/h4-5,7-8H,9H2,1-3H3. The highest BCUT2D eigenvalue weighted by atomic mass is 28.3. The van der Waals surface area contributed by atoms with Gasteiger partial charge in [-0.2, -0.15) is 0 Å². The number of para-hydroxylation sites is 1. The number of hydrogen-bond donors (Lipinski definition) is 0. The van der Waals surface area contributed by atoms with Crippen molar-refractivity contribution in [3.05, 3.63) is 24.3 Å². The molecule has 0 saturated carbocycles. The third-order valence-electron chi connectivity index (χ3n) is 2.11. The molecule has 2 rings (SSSR count). The Bertz CT molecular complexity index is 555. The summed E-state index contributed by atoms with van der Waals surface area (Å²) in [4.78, 5) is 0. The van der Waals surface area contributed by atoms with E-state index in [9.17, 15) is 0 Å². The number of rotatable bonds is 1. The Balaban J connectivity index is 2.25. The molecule has 0 fully saturated rings. The molecule has 0 aliphatic heterocycles. The van der Waals surface area contributed by atoms with E-state index >= 15 is 0 Å². The largest absolute Gasteiger partial charge is 0.233 e. The van der Waals surface area contributed by atoms with Crippen LogP contribution in [0.2, 0.25) is 19.6 Å². The maximum Gasteiger partial charge on any atom is 0.129 e. The summed E-state index contributed by atoms with van der Waals surface area (Å²) in [5.41, 5.74) is 5.30. The van der Waals surface area contributed by atoms with Gasteiger partial charge < -0.3 is 0 Å². The fourth-order valence-corrected chi connectivity index (χ4v) is 2.02. The average Bonchev–Trinajstić information content (AvgIpc) is 2.60. The summed E-state index contributed by atoms with van der Waals surface area (Å²) in [6.07, 6.45) is 0. The van der Waals surface area contributed by atoms with Crippen molar-refractivity contribution in [1.82, 2.24) is 15.0 Å². The maximum atomic E-state index is 4.09. The van der Waals surface area contributed by atoms with Crippen LogP contribution in [0.3, 0.4) is 0 Å². The van der Waals surface area contributed by atoms with Crippen LogP contribution in [0.1, 0.15) is 0 Å². The van der Waals surface area contributed by atoms with E-state index in [1.54, 1.807) is 0 Å². The summed E-state index contributed by atoms with van der Waals surface area (Å²) in [6, 6.07) is 7.94. The van der Waals surface area contributed by atoms with Crippen LogP contribution in [-0.2, 0) is 6.54 Å². The second-order valence-electron chi connectivity index (χ2n) is 4.79. The van der Waals surface area contributed by atoms with Gasteiger partial charge in [-0.3, -0.25) is 0 Å². The maximum absolute atomic E-state index is 4.09. The van der Waals surface area contributed by atoms with E-state index in [1.165, 1.54) is 0 Å². The van der Waals surface area contributed by atoms with Crippen molar-refractivity contribution >= 4 is 19.1 Å². The average molecular weight is 229 g/mol. The Morgan fingerprint density at radius 2 is 2.00 bits per heavy atom. The van der Waals surface area contributed by atoms with Crippen molar-refractivity contribution in [2.75, 3.05) is 0 Å². The van der Waals surface area contributed by atoms with Gasteiger partial charge in [-0.1, -0.05) is 42.9 Å². The second-order valence-corrected chi connectivity index (χ2v) is 9.54. The predicted octanol–water partition coefficient (Wildman–Crippen LogP) is 2.31. The number of benzene rings is 1. The van der Waals surface area contributed by atoms with Crippen LogP contribution in [0, 0.1) is 11.5 Å². The lowest BCUT2D eigenvalue weighted by molar-refractivity contribution is 0.693. The molecule has 0 aliphatic carbocycles. The van der Waals surface area contributed by atoms with Crippen LogP contribution >= 0.6 is 0 Å². The Labute approximate surface area is 96.5 Å². The van der Waals surface area contributed by atoms with Crippen molar-refractivity contribution in [2.24, 2.45) is 0 Å². The van der Waals surface area contributed by atoms with E-state index in [0.717, 1.165) is 11.0 Å². The van der Waals surface area contributed by atoms with Crippen LogP contribution in [0.15, 0.2) is 24.3 Å². The van der Waals surface area contributed by atoms with Gasteiger partial charge in [0, 0.05) is 0 Å². The van der Waals surface area contributed by atoms with Crippen LogP contribution < -0.4 is 0 Å². The molecule has 1 aromatic heterocycles. The summed E-state index contributed by atoms with van der Waals surface area (Å²) in [5.74, 6) is 3.19. The fourth-order valence-electron chi connectivity index (χ4n) is 1.41. The summed E-state index contributed by atoms with van der Waals surface area (Å²) < 4.78 is 1.85. The van der Waals surface area contributed by atoms with Crippen molar-refractivity contribution < 1.29 is 0 Å². The zero-order valence-corrected chi connectivity index (χ0v) is 10.9. The van der Waals surface area contributed by atoms with Gasteiger partial charge in [0.2, 0.25) is 0 Å². The zero-order chi connectivity index (χ0) is 11.6. The molecule has 16 heavy (non-hydrogen) atoms. The normalized spacial score (nSPS) is 11.2. The van der Waals surface area contributed by atoms with E-state index in [4.69, 9.17) is 0 Å². The van der Waals surface area contributed by atoms with E-state index in [2.05, 4.69) is 41.4 Å². The lowest BCUT2D eigenvalue weighted by Crippen LogP contribution is -2.16. The molecule has 0 radical (unpaired) electrons. The van der Waals surface area contributed by atoms with Gasteiger partial charge in [-0.15, -0.1) is 10.6 Å². The van der Waals surface area contributed by atoms with E-state index < -0.39 is 8.07 Å². The molecule has 0 N–H and O–H groups in total. The first kappa shape index (κ1) is 10.9. The van der Waals surface area contributed by atoms with Crippen LogP contribution in [-0.4, -0.2) is 23.1 Å². The quantitative estimate of drug-likeness (QED) is 0.555. The molecule has 4 heteroatoms. The third-order valence-corrected chi connectivity index (χ3v) is 3.04. The highest BCUT2D eigenvalue weighted by molar-refractivity contribution is 6.83. The number of hydrogen-bond acceptors (Lipinski definition) is 2. The summed E-state index contributed by atoms with van der Waals surface area (Å²) in [5, 5.41) is 8.18. The monoisotopic (exact) mass is 229 g/mol. The predicted molar refractivity (Wildman–Crippen MR) is 68.7 cm³/mol. The molecule has 1 heterocycles. The Morgan fingerprint density at radius 1 is 1.25 bits per heavy atom. The minimum absolute atomic E-state index is 0.630. The zero-order valence-electron chi connectivity index (χ0n) is 9.86. The third kappa shape index (κ3) is 2.50. The SMILES string of the molecule is C[Si](C)(C)C#CCn1nnc2ccccc21. The van der Waals surface area contributed by atoms with Crippen molar-refractivity contribution in [1.29, 1.82) is 0 Å². The Kier molecular flexibility index (Phi) is 2.80. The summed E-state index contributed by atoms with van der Waals surface area (Å²) >= 11 is 0. The first-order valence-electron chi connectivity index (χ1n) is 5.34. The van der Waals surface area contributed by atoms with Crippen LogP contribution in [0.4, 0.5) is 0 Å². The lowest BCUT2D eigenvalue weighted by Gasteiger charge is -2.03. The van der Waals surface area contributed by atoms with Gasteiger partial charge in [0.25, 0.3) is 0 Å². The van der Waals surface area contributed by atoms with Gasteiger partial charge in [-0.25, -0.2) is 4.68 Å². The van der Waals surface area contributed by atoms with Gasteiger partial charge in [-0.05, 0) is 12.1 Å². The number of aromatic nitrogens is 3. The molecule has 3 nitrogen and oxygen atoms in total. The highest BCUT2D eigenvalue weighted by Crippen LogP contribution is 2.08. The molecule has 0 amide bonds. The van der Waals surface area contributed by atoms with Crippen LogP contribution in [0.25, 0.3) is 11.0 Å². The fraction of sp³-hybridized carbons (Fsp3) is 0.333. The molecule has 0 aliphatic rings. The number of nitrogens with zero attached hydrogens (tertiary/aromatic N) is 3. The van der Waals surface area contributed by atoms with E-state index in [-0.39, 0.29) is 0 Å². The van der Waals surface area contributed by atoms with Crippen molar-refractivity contribution in [3.8, 4) is 11.5 Å². The molecule has 0 atom stereocenters. The van der Waals surface area contributed by atoms with Gasteiger partial charge in [0.05, 0.1) is 5.52 Å². The van der Waals surface area contributed by atoms with Crippen molar-refractivity contribution in [2.45, 2.75) is 26.2 Å². The minimum atomic E-state index is -1.28. The molecule has 0 bridgehead atoms. The summed E-state index contributed by atoms with van der Waals surface area (Å²) in [6.45, 7) is 7.34. The van der Waals surface area contributed by atoms with Gasteiger partial charge in [0.1, 0.15) is 20.1 Å². The minimum Gasteiger partial charge on any atom is -0.233 e. The highest BCUT2D eigenvalue weighted by Gasteiger charge is 2.07. The first-order chi connectivity index (χ1) is 7.56. The smallest absolute Gasteiger partial charge is 0.129 e. The molecular formula is C12H15N3Si. The molecule has 1 aromatic carbocycles. The summed E-state index contributed by atoms with van der Waals surface area (Å²) in [7, 11) is -1.28. The van der Waals surface area contributed by atoms with Gasteiger partial charge in [0.15, 0.2) is 0 Å².